The maximum Gasteiger partial charge on any atom is 0.223 e. The molecule has 2 aliphatic rings. The number of Topliss-reactive ketones (excluding diaryl/α,β-unsaturated/α-hetero) is 1. The fourth-order valence-corrected chi connectivity index (χ4v) is 2.17. The SMILES string of the molecule is CNC(=O)C1C2CCC(=O)C21. The molecule has 0 heterocycles. The Hall–Kier alpha value is -0.860. The van der Waals surface area contributed by atoms with Crippen molar-refractivity contribution in [3.8, 4) is 0 Å². The molecule has 60 valence electrons. The van der Waals surface area contributed by atoms with Gasteiger partial charge in [0.15, 0.2) is 0 Å². The smallest absolute Gasteiger partial charge is 0.223 e. The Balaban J connectivity index is 2.04. The van der Waals surface area contributed by atoms with Crippen LogP contribution in [0.25, 0.3) is 0 Å². The number of rotatable bonds is 1. The molecule has 2 rings (SSSR count). The molecule has 0 radical (unpaired) electrons. The standard InChI is InChI=1S/C8H11NO2/c1-9-8(11)7-4-2-3-5(10)6(4)7/h4,6-7H,2-3H2,1H3,(H,9,11). The lowest BCUT2D eigenvalue weighted by Gasteiger charge is -1.99. The maximum atomic E-state index is 11.1. The van der Waals surface area contributed by atoms with Gasteiger partial charge in [-0.15, -0.1) is 0 Å². The molecule has 0 bridgehead atoms. The van der Waals surface area contributed by atoms with Gasteiger partial charge in [0.1, 0.15) is 5.78 Å². The molecule has 3 nitrogen and oxygen atoms in total. The molecular weight excluding hydrogens is 142 g/mol. The van der Waals surface area contributed by atoms with Crippen molar-refractivity contribution in [2.75, 3.05) is 7.05 Å². The summed E-state index contributed by atoms with van der Waals surface area (Å²) in [4.78, 5) is 22.1. The molecule has 2 fully saturated rings. The van der Waals surface area contributed by atoms with E-state index in [1.54, 1.807) is 7.05 Å². The highest BCUT2D eigenvalue weighted by Crippen LogP contribution is 2.55. The van der Waals surface area contributed by atoms with E-state index in [4.69, 9.17) is 0 Å². The van der Waals surface area contributed by atoms with Crippen molar-refractivity contribution in [1.29, 1.82) is 0 Å². The van der Waals surface area contributed by atoms with Gasteiger partial charge in [-0.1, -0.05) is 0 Å². The van der Waals surface area contributed by atoms with Crippen LogP contribution in [0.2, 0.25) is 0 Å². The lowest BCUT2D eigenvalue weighted by Crippen LogP contribution is -2.23. The van der Waals surface area contributed by atoms with Crippen LogP contribution >= 0.6 is 0 Å². The Bertz CT molecular complexity index is 224. The summed E-state index contributed by atoms with van der Waals surface area (Å²) in [5, 5.41) is 2.58. The molecule has 2 saturated carbocycles. The first-order chi connectivity index (χ1) is 5.25. The van der Waals surface area contributed by atoms with Crippen LogP contribution in [0, 0.1) is 17.8 Å². The van der Waals surface area contributed by atoms with E-state index >= 15 is 0 Å². The van der Waals surface area contributed by atoms with Crippen LogP contribution in [-0.4, -0.2) is 18.7 Å². The van der Waals surface area contributed by atoms with Gasteiger partial charge in [-0.05, 0) is 12.3 Å². The predicted molar refractivity (Wildman–Crippen MR) is 38.8 cm³/mol. The normalized spacial score (nSPS) is 40.1. The van der Waals surface area contributed by atoms with E-state index in [1.165, 1.54) is 0 Å². The minimum Gasteiger partial charge on any atom is -0.359 e. The lowest BCUT2D eigenvalue weighted by atomic mass is 10.1. The van der Waals surface area contributed by atoms with E-state index in [0.717, 1.165) is 6.42 Å². The van der Waals surface area contributed by atoms with Crippen LogP contribution < -0.4 is 5.32 Å². The van der Waals surface area contributed by atoms with Gasteiger partial charge < -0.3 is 5.32 Å². The third-order valence-electron chi connectivity index (χ3n) is 2.81. The number of amides is 1. The fourth-order valence-electron chi connectivity index (χ4n) is 2.17. The summed E-state index contributed by atoms with van der Waals surface area (Å²) in [7, 11) is 1.63. The quantitative estimate of drug-likeness (QED) is 0.574. The Morgan fingerprint density at radius 2 is 2.36 bits per heavy atom. The third kappa shape index (κ3) is 0.800. The predicted octanol–water partition coefficient (Wildman–Crippen LogP) is -0.0425. The van der Waals surface area contributed by atoms with Crippen LogP contribution in [0.4, 0.5) is 0 Å². The number of nitrogens with one attached hydrogen (secondary N) is 1. The maximum absolute atomic E-state index is 11.1. The largest absolute Gasteiger partial charge is 0.359 e. The van der Waals surface area contributed by atoms with E-state index in [0.29, 0.717) is 18.1 Å². The van der Waals surface area contributed by atoms with Gasteiger partial charge in [0, 0.05) is 19.4 Å². The number of carbonyl (C=O) groups is 2. The van der Waals surface area contributed by atoms with Crippen LogP contribution in [-0.2, 0) is 9.59 Å². The molecule has 3 atom stereocenters. The molecule has 11 heavy (non-hydrogen) atoms. The molecule has 3 heteroatoms. The Kier molecular flexibility index (Phi) is 1.28. The highest BCUT2D eigenvalue weighted by molar-refractivity contribution is 5.96. The number of hydrogen-bond acceptors (Lipinski definition) is 2. The van der Waals surface area contributed by atoms with Crippen LogP contribution in [0.15, 0.2) is 0 Å². The Morgan fingerprint density at radius 3 is 2.82 bits per heavy atom. The summed E-state index contributed by atoms with van der Waals surface area (Å²) >= 11 is 0. The zero-order valence-electron chi connectivity index (χ0n) is 6.46. The van der Waals surface area contributed by atoms with E-state index < -0.39 is 0 Å². The van der Waals surface area contributed by atoms with Gasteiger partial charge in [-0.25, -0.2) is 0 Å². The first-order valence-electron chi connectivity index (χ1n) is 4.00. The molecule has 0 aromatic rings. The molecule has 3 unspecified atom stereocenters. The molecular formula is C8H11NO2. The molecule has 1 N–H and O–H groups in total. The van der Waals surface area contributed by atoms with Gasteiger partial charge in [0.05, 0.1) is 5.92 Å². The first kappa shape index (κ1) is 6.83. The van der Waals surface area contributed by atoms with E-state index in [2.05, 4.69) is 5.32 Å². The average molecular weight is 153 g/mol. The van der Waals surface area contributed by atoms with Gasteiger partial charge >= 0.3 is 0 Å². The molecule has 1 amide bonds. The van der Waals surface area contributed by atoms with Crippen molar-refractivity contribution in [2.45, 2.75) is 12.8 Å². The summed E-state index contributed by atoms with van der Waals surface area (Å²) < 4.78 is 0. The number of hydrogen-bond donors (Lipinski definition) is 1. The molecule has 0 saturated heterocycles. The van der Waals surface area contributed by atoms with Crippen molar-refractivity contribution >= 4 is 11.7 Å². The summed E-state index contributed by atoms with van der Waals surface area (Å²) in [5.74, 6) is 0.857. The van der Waals surface area contributed by atoms with Gasteiger partial charge in [0.2, 0.25) is 5.91 Å². The number of carbonyl (C=O) groups excluding carboxylic acids is 2. The Morgan fingerprint density at radius 1 is 1.64 bits per heavy atom. The Labute approximate surface area is 65.2 Å². The number of fused-ring (bicyclic) bond motifs is 1. The summed E-state index contributed by atoms with van der Waals surface area (Å²) in [6.45, 7) is 0. The topological polar surface area (TPSA) is 46.2 Å². The van der Waals surface area contributed by atoms with Crippen LogP contribution in [0.3, 0.4) is 0 Å². The lowest BCUT2D eigenvalue weighted by molar-refractivity contribution is -0.126. The molecule has 0 spiro atoms. The monoisotopic (exact) mass is 153 g/mol. The average Bonchev–Trinajstić information content (AvgIpc) is 2.63. The van der Waals surface area contributed by atoms with Crippen molar-refractivity contribution in [3.05, 3.63) is 0 Å². The zero-order chi connectivity index (χ0) is 8.01. The minimum absolute atomic E-state index is 0.0289. The molecule has 0 aliphatic heterocycles. The number of ketones is 1. The van der Waals surface area contributed by atoms with Crippen molar-refractivity contribution in [2.24, 2.45) is 17.8 Å². The van der Waals surface area contributed by atoms with Gasteiger partial charge in [-0.2, -0.15) is 0 Å². The third-order valence-corrected chi connectivity index (χ3v) is 2.81. The highest BCUT2D eigenvalue weighted by Gasteiger charge is 2.61. The van der Waals surface area contributed by atoms with Gasteiger partial charge in [-0.3, -0.25) is 9.59 Å². The van der Waals surface area contributed by atoms with Crippen molar-refractivity contribution < 1.29 is 9.59 Å². The summed E-state index contributed by atoms with van der Waals surface area (Å²) in [6, 6.07) is 0. The van der Waals surface area contributed by atoms with E-state index in [9.17, 15) is 9.59 Å². The fraction of sp³-hybridized carbons (Fsp3) is 0.750. The van der Waals surface area contributed by atoms with E-state index in [1.807, 2.05) is 0 Å². The molecule has 0 aromatic heterocycles. The second kappa shape index (κ2) is 2.06. The highest BCUT2D eigenvalue weighted by atomic mass is 16.2. The van der Waals surface area contributed by atoms with Crippen LogP contribution in [0.5, 0.6) is 0 Å². The second-order valence-electron chi connectivity index (χ2n) is 3.33. The van der Waals surface area contributed by atoms with Crippen molar-refractivity contribution in [3.63, 3.8) is 0 Å². The van der Waals surface area contributed by atoms with E-state index in [-0.39, 0.29) is 17.7 Å². The molecule has 0 aromatic carbocycles. The van der Waals surface area contributed by atoms with Crippen molar-refractivity contribution in [1.82, 2.24) is 5.32 Å². The van der Waals surface area contributed by atoms with Gasteiger partial charge in [0.25, 0.3) is 0 Å². The summed E-state index contributed by atoms with van der Waals surface area (Å²) in [5.41, 5.74) is 0. The summed E-state index contributed by atoms with van der Waals surface area (Å²) in [6.07, 6.45) is 1.63. The van der Waals surface area contributed by atoms with Crippen LogP contribution in [0.1, 0.15) is 12.8 Å². The zero-order valence-corrected chi connectivity index (χ0v) is 6.46. The molecule has 2 aliphatic carbocycles. The first-order valence-corrected chi connectivity index (χ1v) is 4.00. The minimum atomic E-state index is 0.0289. The second-order valence-corrected chi connectivity index (χ2v) is 3.33.